The van der Waals surface area contributed by atoms with Crippen LogP contribution in [0.5, 0.6) is 5.75 Å². The van der Waals surface area contributed by atoms with Crippen LogP contribution in [0.3, 0.4) is 0 Å². The van der Waals surface area contributed by atoms with E-state index in [0.717, 1.165) is 42.9 Å². The fourth-order valence-electron chi connectivity index (χ4n) is 4.57. The van der Waals surface area contributed by atoms with Gasteiger partial charge in [-0.15, -0.1) is 0 Å². The molecule has 12 heteroatoms. The first kappa shape index (κ1) is 28.7. The van der Waals surface area contributed by atoms with Gasteiger partial charge in [-0.2, -0.15) is 18.3 Å². The highest BCUT2D eigenvalue weighted by atomic mass is 35.5. The molecule has 0 saturated heterocycles. The van der Waals surface area contributed by atoms with Crippen molar-refractivity contribution < 1.29 is 27.4 Å². The second-order valence-electron chi connectivity index (χ2n) is 10.5. The zero-order chi connectivity index (χ0) is 28.2. The molecule has 0 bridgehead atoms. The van der Waals surface area contributed by atoms with E-state index in [1.807, 2.05) is 20.8 Å². The number of ether oxygens (including phenoxy) is 2. The minimum atomic E-state index is -4.53. The molecule has 210 valence electrons. The molecule has 2 aromatic heterocycles. The second-order valence-corrected chi connectivity index (χ2v) is 10.9. The summed E-state index contributed by atoms with van der Waals surface area (Å²) < 4.78 is 53.0. The lowest BCUT2D eigenvalue weighted by molar-refractivity contribution is -0.137. The number of rotatable bonds is 7. The molecule has 1 fully saturated rings. The van der Waals surface area contributed by atoms with Crippen molar-refractivity contribution in [2.75, 3.05) is 6.61 Å². The molecule has 2 heterocycles. The van der Waals surface area contributed by atoms with Crippen molar-refractivity contribution in [3.05, 3.63) is 53.7 Å². The van der Waals surface area contributed by atoms with Gasteiger partial charge >= 0.3 is 12.3 Å². The SMILES string of the molecule is CC(C)(C)OC(=O)N[C@H]1CC[C@@H](CCOc2c(Cl)ncnc2-c2cnn(-c3ccccc3C(F)(F)F)c2)CC1. The summed E-state index contributed by atoms with van der Waals surface area (Å²) in [6.07, 6.45) is 3.54. The van der Waals surface area contributed by atoms with Gasteiger partial charge in [-0.05, 0) is 70.9 Å². The molecule has 3 aromatic rings. The number of nitrogens with one attached hydrogen (secondary N) is 1. The summed E-state index contributed by atoms with van der Waals surface area (Å²) in [7, 11) is 0. The number of hydrogen-bond acceptors (Lipinski definition) is 6. The minimum absolute atomic E-state index is 0.0830. The van der Waals surface area contributed by atoms with Crippen LogP contribution >= 0.6 is 11.6 Å². The molecule has 0 radical (unpaired) electrons. The Kier molecular flexibility index (Phi) is 8.68. The van der Waals surface area contributed by atoms with Crippen LogP contribution in [0.4, 0.5) is 18.0 Å². The lowest BCUT2D eigenvalue weighted by atomic mass is 9.84. The Bertz CT molecular complexity index is 1280. The van der Waals surface area contributed by atoms with Gasteiger partial charge in [0.25, 0.3) is 0 Å². The number of hydrogen-bond donors (Lipinski definition) is 1. The summed E-state index contributed by atoms with van der Waals surface area (Å²) >= 11 is 6.32. The van der Waals surface area contributed by atoms with E-state index >= 15 is 0 Å². The lowest BCUT2D eigenvalue weighted by Crippen LogP contribution is -2.41. The predicted molar refractivity (Wildman–Crippen MR) is 140 cm³/mol. The van der Waals surface area contributed by atoms with Crippen LogP contribution in [-0.2, 0) is 10.9 Å². The van der Waals surface area contributed by atoms with Gasteiger partial charge in [0, 0.05) is 17.8 Å². The standard InChI is InChI=1S/C27H31ClF3N5O3/c1-26(2,3)39-25(37)35-19-10-8-17(9-11-19)12-13-38-23-22(32-16-33-24(23)28)18-14-34-36(15-18)21-7-5-4-6-20(21)27(29,30)31/h4-7,14-17,19H,8-13H2,1-3H3,(H,35,37)/t17-,19+. The van der Waals surface area contributed by atoms with E-state index in [-0.39, 0.29) is 22.6 Å². The topological polar surface area (TPSA) is 91.2 Å². The Balaban J connectivity index is 1.37. The maximum absolute atomic E-state index is 13.5. The van der Waals surface area contributed by atoms with Gasteiger partial charge in [-0.25, -0.2) is 19.4 Å². The van der Waals surface area contributed by atoms with Gasteiger partial charge in [-0.1, -0.05) is 23.7 Å². The number of alkyl carbamates (subject to hydrolysis) is 1. The molecule has 1 N–H and O–H groups in total. The van der Waals surface area contributed by atoms with Crippen molar-refractivity contribution in [1.29, 1.82) is 0 Å². The highest BCUT2D eigenvalue weighted by Gasteiger charge is 2.34. The fraction of sp³-hybridized carbons (Fsp3) is 0.481. The first-order chi connectivity index (χ1) is 18.4. The Hall–Kier alpha value is -3.34. The van der Waals surface area contributed by atoms with E-state index in [1.165, 1.54) is 36.9 Å². The van der Waals surface area contributed by atoms with Crippen LogP contribution in [0, 0.1) is 5.92 Å². The van der Waals surface area contributed by atoms with Crippen LogP contribution in [-0.4, -0.2) is 44.1 Å². The van der Waals surface area contributed by atoms with Gasteiger partial charge < -0.3 is 14.8 Å². The van der Waals surface area contributed by atoms with Crippen LogP contribution in [0.1, 0.15) is 58.4 Å². The molecular weight excluding hydrogens is 535 g/mol. The normalized spacial score (nSPS) is 18.0. The first-order valence-corrected chi connectivity index (χ1v) is 13.1. The number of amides is 1. The molecule has 1 aliphatic rings. The summed E-state index contributed by atoms with van der Waals surface area (Å²) in [6, 6.07) is 5.29. The van der Waals surface area contributed by atoms with Gasteiger partial charge in [0.2, 0.25) is 0 Å². The van der Waals surface area contributed by atoms with E-state index in [4.69, 9.17) is 21.1 Å². The van der Waals surface area contributed by atoms with Gasteiger partial charge in [0.15, 0.2) is 10.9 Å². The number of carbonyl (C=O) groups excluding carboxylic acids is 1. The van der Waals surface area contributed by atoms with Crippen molar-refractivity contribution in [3.63, 3.8) is 0 Å². The molecule has 0 aliphatic heterocycles. The van der Waals surface area contributed by atoms with E-state index < -0.39 is 23.4 Å². The van der Waals surface area contributed by atoms with Gasteiger partial charge in [0.1, 0.15) is 17.6 Å². The molecular formula is C27H31ClF3N5O3. The lowest BCUT2D eigenvalue weighted by Gasteiger charge is -2.30. The number of nitrogens with zero attached hydrogens (tertiary/aromatic N) is 4. The number of carbonyl (C=O) groups is 1. The number of halogens is 4. The van der Waals surface area contributed by atoms with Crippen molar-refractivity contribution >= 4 is 17.7 Å². The summed E-state index contributed by atoms with van der Waals surface area (Å²) in [5.41, 5.74) is -0.647. The maximum atomic E-state index is 13.5. The van der Waals surface area contributed by atoms with Crippen LogP contribution in [0.2, 0.25) is 5.15 Å². The van der Waals surface area contributed by atoms with E-state index in [0.29, 0.717) is 23.8 Å². The highest BCUT2D eigenvalue weighted by molar-refractivity contribution is 6.31. The van der Waals surface area contributed by atoms with Crippen molar-refractivity contribution in [2.45, 2.75) is 70.7 Å². The monoisotopic (exact) mass is 565 g/mol. The molecule has 1 aliphatic carbocycles. The Morgan fingerprint density at radius 1 is 1.13 bits per heavy atom. The van der Waals surface area contributed by atoms with Crippen LogP contribution in [0.15, 0.2) is 43.0 Å². The van der Waals surface area contributed by atoms with Gasteiger partial charge in [-0.3, -0.25) is 0 Å². The average molecular weight is 566 g/mol. The number of para-hydroxylation sites is 1. The molecule has 8 nitrogen and oxygen atoms in total. The molecule has 39 heavy (non-hydrogen) atoms. The van der Waals surface area contributed by atoms with Crippen molar-refractivity contribution in [2.24, 2.45) is 5.92 Å². The Morgan fingerprint density at radius 3 is 2.54 bits per heavy atom. The average Bonchev–Trinajstić information content (AvgIpc) is 3.34. The number of aromatic nitrogens is 4. The molecule has 1 saturated carbocycles. The molecule has 0 spiro atoms. The first-order valence-electron chi connectivity index (χ1n) is 12.7. The van der Waals surface area contributed by atoms with Gasteiger partial charge in [0.05, 0.1) is 24.1 Å². The zero-order valence-corrected chi connectivity index (χ0v) is 22.7. The quantitative estimate of drug-likeness (QED) is 0.315. The maximum Gasteiger partial charge on any atom is 0.418 e. The third kappa shape index (κ3) is 7.62. The summed E-state index contributed by atoms with van der Waals surface area (Å²) in [5.74, 6) is 0.665. The molecule has 0 atom stereocenters. The van der Waals surface area contributed by atoms with Crippen molar-refractivity contribution in [3.8, 4) is 22.7 Å². The van der Waals surface area contributed by atoms with Crippen LogP contribution in [0.25, 0.3) is 16.9 Å². The van der Waals surface area contributed by atoms with Crippen LogP contribution < -0.4 is 10.1 Å². The Labute approximate surface area is 229 Å². The van der Waals surface area contributed by atoms with E-state index in [9.17, 15) is 18.0 Å². The fourth-order valence-corrected chi connectivity index (χ4v) is 4.76. The third-order valence-electron chi connectivity index (χ3n) is 6.41. The molecule has 0 unspecified atom stereocenters. The minimum Gasteiger partial charge on any atom is -0.488 e. The third-order valence-corrected chi connectivity index (χ3v) is 6.68. The van der Waals surface area contributed by atoms with Crippen molar-refractivity contribution in [1.82, 2.24) is 25.1 Å². The Morgan fingerprint density at radius 2 is 1.85 bits per heavy atom. The molecule has 4 rings (SSSR count). The smallest absolute Gasteiger partial charge is 0.418 e. The number of benzene rings is 1. The summed E-state index contributed by atoms with van der Waals surface area (Å²) in [6.45, 7) is 5.85. The predicted octanol–water partition coefficient (Wildman–Crippen LogP) is 6.85. The molecule has 1 aromatic carbocycles. The number of alkyl halides is 3. The second kappa shape index (κ2) is 11.8. The highest BCUT2D eigenvalue weighted by Crippen LogP contribution is 2.36. The zero-order valence-electron chi connectivity index (χ0n) is 22.0. The largest absolute Gasteiger partial charge is 0.488 e. The summed E-state index contributed by atoms with van der Waals surface area (Å²) in [4.78, 5) is 20.3. The van der Waals surface area contributed by atoms with E-state index in [1.54, 1.807) is 0 Å². The molecule has 1 amide bonds. The van der Waals surface area contributed by atoms with E-state index in [2.05, 4.69) is 20.4 Å². The summed E-state index contributed by atoms with van der Waals surface area (Å²) in [5, 5.41) is 7.17.